The van der Waals surface area contributed by atoms with Gasteiger partial charge in [0.05, 0.1) is 18.2 Å². The van der Waals surface area contributed by atoms with Crippen molar-refractivity contribution in [2.24, 2.45) is 0 Å². The molecule has 3 aromatic carbocycles. The molecule has 0 unspecified atom stereocenters. The third-order valence-electron chi connectivity index (χ3n) is 6.43. The number of ether oxygens (including phenoxy) is 7. The van der Waals surface area contributed by atoms with Crippen molar-refractivity contribution in [2.75, 3.05) is 20.3 Å². The number of carbonyl (C=O) groups excluding carboxylic acids is 2. The minimum atomic E-state index is -1.60. The molecule has 4 atom stereocenters. The largest absolute Gasteiger partial charge is 0.497 e. The molecule has 3 aromatic rings. The maximum atomic E-state index is 12.9. The van der Waals surface area contributed by atoms with Crippen LogP contribution in [-0.4, -0.2) is 62.1 Å². The van der Waals surface area contributed by atoms with Crippen molar-refractivity contribution >= 4 is 11.9 Å². The summed E-state index contributed by atoms with van der Waals surface area (Å²) in [6.07, 6.45) is -2.24. The fourth-order valence-corrected chi connectivity index (χ4v) is 4.63. The van der Waals surface area contributed by atoms with Gasteiger partial charge in [-0.15, -0.1) is 0 Å². The number of hydrogen-bond donors (Lipinski definition) is 0. The summed E-state index contributed by atoms with van der Waals surface area (Å²) in [4.78, 5) is 25.5. The Bertz CT molecular complexity index is 1280. The SMILES string of the molecule is COc1ccc(O[C@]2(COC(=O)c3ccccc3)O[C@H](COC(=O)c3ccccc3)[C@H]3OC(C)(C)O[C@H]32)cc1. The first kappa shape index (κ1) is 26.7. The van der Waals surface area contributed by atoms with E-state index in [9.17, 15) is 9.59 Å². The van der Waals surface area contributed by atoms with Crippen molar-refractivity contribution in [3.63, 3.8) is 0 Å². The maximum absolute atomic E-state index is 12.9. The lowest BCUT2D eigenvalue weighted by molar-refractivity contribution is -0.274. The molecule has 2 aliphatic rings. The highest BCUT2D eigenvalue weighted by atomic mass is 16.8. The van der Waals surface area contributed by atoms with Gasteiger partial charge in [-0.25, -0.2) is 9.59 Å². The van der Waals surface area contributed by atoms with Crippen LogP contribution in [0.25, 0.3) is 0 Å². The average Bonchev–Trinajstić information content (AvgIpc) is 3.43. The van der Waals surface area contributed by atoms with Crippen LogP contribution in [0, 0.1) is 0 Å². The lowest BCUT2D eigenvalue weighted by Crippen LogP contribution is -2.52. The normalized spacial score (nSPS) is 24.9. The summed E-state index contributed by atoms with van der Waals surface area (Å²) in [6, 6.07) is 24.2. The fourth-order valence-electron chi connectivity index (χ4n) is 4.63. The van der Waals surface area contributed by atoms with Gasteiger partial charge < -0.3 is 33.2 Å². The Morgan fingerprint density at radius 1 is 0.744 bits per heavy atom. The molecule has 2 saturated heterocycles. The quantitative estimate of drug-likeness (QED) is 0.370. The topological polar surface area (TPSA) is 98.8 Å². The summed E-state index contributed by atoms with van der Waals surface area (Å²) in [6.45, 7) is 3.10. The van der Waals surface area contributed by atoms with Gasteiger partial charge in [0, 0.05) is 0 Å². The van der Waals surface area contributed by atoms with Crippen LogP contribution < -0.4 is 9.47 Å². The Morgan fingerprint density at radius 2 is 1.31 bits per heavy atom. The van der Waals surface area contributed by atoms with Gasteiger partial charge >= 0.3 is 11.9 Å². The first-order chi connectivity index (χ1) is 18.8. The van der Waals surface area contributed by atoms with Crippen molar-refractivity contribution in [1.82, 2.24) is 0 Å². The Morgan fingerprint density at radius 3 is 1.90 bits per heavy atom. The van der Waals surface area contributed by atoms with Crippen LogP contribution >= 0.6 is 0 Å². The molecule has 0 bridgehead atoms. The minimum absolute atomic E-state index is 0.130. The van der Waals surface area contributed by atoms with E-state index in [0.29, 0.717) is 22.6 Å². The summed E-state index contributed by atoms with van der Waals surface area (Å²) < 4.78 is 41.7. The van der Waals surface area contributed by atoms with Crippen LogP contribution in [0.3, 0.4) is 0 Å². The molecule has 39 heavy (non-hydrogen) atoms. The van der Waals surface area contributed by atoms with Gasteiger partial charge in [-0.05, 0) is 62.4 Å². The van der Waals surface area contributed by atoms with Crippen LogP contribution in [0.4, 0.5) is 0 Å². The molecule has 0 radical (unpaired) electrons. The number of methoxy groups -OCH3 is 1. The number of rotatable bonds is 9. The summed E-state index contributed by atoms with van der Waals surface area (Å²) in [7, 11) is 1.57. The number of benzene rings is 3. The average molecular weight is 535 g/mol. The molecule has 204 valence electrons. The number of carbonyl (C=O) groups is 2. The highest BCUT2D eigenvalue weighted by Gasteiger charge is 2.65. The second-order valence-corrected chi connectivity index (χ2v) is 9.67. The lowest BCUT2D eigenvalue weighted by Gasteiger charge is -2.34. The van der Waals surface area contributed by atoms with Crippen molar-refractivity contribution in [1.29, 1.82) is 0 Å². The molecule has 0 saturated carbocycles. The van der Waals surface area contributed by atoms with Crippen molar-refractivity contribution in [3.05, 3.63) is 96.1 Å². The zero-order chi connectivity index (χ0) is 27.5. The van der Waals surface area contributed by atoms with E-state index in [1.807, 2.05) is 12.1 Å². The lowest BCUT2D eigenvalue weighted by atomic mass is 10.1. The summed E-state index contributed by atoms with van der Waals surface area (Å²) in [5, 5.41) is 0. The molecule has 0 aromatic heterocycles. The van der Waals surface area contributed by atoms with E-state index in [1.54, 1.807) is 93.8 Å². The summed E-state index contributed by atoms with van der Waals surface area (Å²) in [5.74, 6) is -2.56. The highest BCUT2D eigenvalue weighted by Crippen LogP contribution is 2.45. The number of hydrogen-bond acceptors (Lipinski definition) is 9. The van der Waals surface area contributed by atoms with Gasteiger partial charge in [0.1, 0.15) is 30.3 Å². The summed E-state index contributed by atoms with van der Waals surface area (Å²) in [5.41, 5.74) is 0.789. The summed E-state index contributed by atoms with van der Waals surface area (Å²) >= 11 is 0. The second-order valence-electron chi connectivity index (χ2n) is 9.67. The highest BCUT2D eigenvalue weighted by molar-refractivity contribution is 5.89. The van der Waals surface area contributed by atoms with Gasteiger partial charge in [0.2, 0.25) is 0 Å². The third-order valence-corrected chi connectivity index (χ3v) is 6.43. The van der Waals surface area contributed by atoms with E-state index in [0.717, 1.165) is 0 Å². The molecule has 2 fully saturated rings. The molecule has 9 nitrogen and oxygen atoms in total. The number of fused-ring (bicyclic) bond motifs is 1. The first-order valence-electron chi connectivity index (χ1n) is 12.6. The minimum Gasteiger partial charge on any atom is -0.497 e. The standard InChI is InChI=1S/C30H30O9/c1-29(2)38-25-24(18-34-27(31)20-10-6-4-7-11-20)37-30(26(25)39-29,36-23-16-14-22(33-3)15-17-23)19-35-28(32)21-12-8-5-9-13-21/h4-17,24-26H,18-19H2,1-3H3/t24-,25-,26-,30-/m1/s1. The predicted octanol–water partition coefficient (Wildman–Crippen LogP) is 4.40. The molecule has 0 spiro atoms. The Hall–Kier alpha value is -3.92. The zero-order valence-corrected chi connectivity index (χ0v) is 21.9. The second kappa shape index (κ2) is 11.1. The van der Waals surface area contributed by atoms with E-state index in [1.165, 1.54) is 0 Å². The fraction of sp³-hybridized carbons (Fsp3) is 0.333. The van der Waals surface area contributed by atoms with Gasteiger partial charge in [-0.2, -0.15) is 0 Å². The van der Waals surface area contributed by atoms with Gasteiger partial charge in [0.25, 0.3) is 5.79 Å². The molecular weight excluding hydrogens is 504 g/mol. The first-order valence-corrected chi connectivity index (χ1v) is 12.6. The smallest absolute Gasteiger partial charge is 0.338 e. The van der Waals surface area contributed by atoms with Gasteiger partial charge in [-0.3, -0.25) is 0 Å². The van der Waals surface area contributed by atoms with Crippen LogP contribution in [0.1, 0.15) is 34.6 Å². The van der Waals surface area contributed by atoms with Crippen molar-refractivity contribution in [3.8, 4) is 11.5 Å². The predicted molar refractivity (Wildman–Crippen MR) is 138 cm³/mol. The maximum Gasteiger partial charge on any atom is 0.338 e. The number of esters is 2. The van der Waals surface area contributed by atoms with Crippen molar-refractivity contribution in [2.45, 2.75) is 43.7 Å². The Kier molecular flexibility index (Phi) is 7.56. The Balaban J connectivity index is 1.41. The van der Waals surface area contributed by atoms with Crippen LogP contribution in [0.2, 0.25) is 0 Å². The van der Waals surface area contributed by atoms with Gasteiger partial charge in [-0.1, -0.05) is 36.4 Å². The van der Waals surface area contributed by atoms with Gasteiger partial charge in [0.15, 0.2) is 18.5 Å². The Labute approximate surface area is 226 Å². The van der Waals surface area contributed by atoms with Crippen molar-refractivity contribution < 1.29 is 42.7 Å². The molecule has 2 aliphatic heterocycles. The molecule has 0 aliphatic carbocycles. The molecule has 0 N–H and O–H groups in total. The monoisotopic (exact) mass is 534 g/mol. The third kappa shape index (κ3) is 5.90. The van der Waals surface area contributed by atoms with Crippen LogP contribution in [0.15, 0.2) is 84.9 Å². The van der Waals surface area contributed by atoms with E-state index < -0.39 is 41.8 Å². The van der Waals surface area contributed by atoms with Crippen LogP contribution in [0.5, 0.6) is 11.5 Å². The zero-order valence-electron chi connectivity index (χ0n) is 21.9. The van der Waals surface area contributed by atoms with Crippen LogP contribution in [-0.2, 0) is 23.7 Å². The van der Waals surface area contributed by atoms with E-state index in [4.69, 9.17) is 33.2 Å². The molecule has 5 rings (SSSR count). The molecule has 9 heteroatoms. The van der Waals surface area contributed by atoms with E-state index >= 15 is 0 Å². The van der Waals surface area contributed by atoms with E-state index in [-0.39, 0.29) is 13.2 Å². The van der Waals surface area contributed by atoms with E-state index in [2.05, 4.69) is 0 Å². The molecule has 0 amide bonds. The molecule has 2 heterocycles. The molecular formula is C30H30O9.